The monoisotopic (exact) mass is 252 g/mol. The van der Waals surface area contributed by atoms with Crippen LogP contribution in [0.1, 0.15) is 11.6 Å². The number of rotatable bonds is 4. The molecule has 2 N–H and O–H groups in total. The van der Waals surface area contributed by atoms with Gasteiger partial charge in [-0.15, -0.1) is 9.24 Å². The van der Waals surface area contributed by atoms with Gasteiger partial charge in [-0.05, 0) is 17.7 Å². The molecule has 5 nitrogen and oxygen atoms in total. The molecule has 3 atom stereocenters. The van der Waals surface area contributed by atoms with Crippen molar-refractivity contribution in [3.05, 3.63) is 23.8 Å². The zero-order chi connectivity index (χ0) is 12.3. The second kappa shape index (κ2) is 5.33. The van der Waals surface area contributed by atoms with Crippen LogP contribution in [0.25, 0.3) is 0 Å². The van der Waals surface area contributed by atoms with E-state index in [1.807, 2.05) is 6.07 Å². The average Bonchev–Trinajstić information content (AvgIpc) is 2.82. The van der Waals surface area contributed by atoms with E-state index in [0.29, 0.717) is 11.5 Å². The van der Waals surface area contributed by atoms with Crippen molar-refractivity contribution < 1.29 is 14.6 Å². The molecule has 0 amide bonds. The van der Waals surface area contributed by atoms with Gasteiger partial charge in [0.05, 0.1) is 12.7 Å². The highest BCUT2D eigenvalue weighted by atomic mass is 31.0. The normalized spacial score (nSPS) is 16.3. The first-order valence-electron chi connectivity index (χ1n) is 5.16. The summed E-state index contributed by atoms with van der Waals surface area (Å²) in [4.78, 5) is 0. The van der Waals surface area contributed by atoms with Gasteiger partial charge in [0.15, 0.2) is 11.5 Å². The number of nitriles is 1. The van der Waals surface area contributed by atoms with Gasteiger partial charge in [0.1, 0.15) is 6.04 Å². The van der Waals surface area contributed by atoms with E-state index in [-0.39, 0.29) is 19.2 Å². The third kappa shape index (κ3) is 2.67. The number of ether oxygens (including phenoxy) is 2. The number of hydrogen-bond donors (Lipinski definition) is 2. The predicted molar refractivity (Wildman–Crippen MR) is 64.6 cm³/mol. The Hall–Kier alpha value is -1.34. The van der Waals surface area contributed by atoms with Crippen LogP contribution in [0.5, 0.6) is 11.5 Å². The third-order valence-corrected chi connectivity index (χ3v) is 2.84. The quantitative estimate of drug-likeness (QED) is 0.774. The van der Waals surface area contributed by atoms with E-state index in [9.17, 15) is 0 Å². The smallest absolute Gasteiger partial charge is 0.231 e. The van der Waals surface area contributed by atoms with Gasteiger partial charge in [0.25, 0.3) is 0 Å². The average molecular weight is 252 g/mol. The molecule has 0 saturated carbocycles. The second-order valence-corrected chi connectivity index (χ2v) is 4.44. The van der Waals surface area contributed by atoms with Crippen LogP contribution >= 0.6 is 9.24 Å². The predicted octanol–water partition coefficient (Wildman–Crippen LogP) is 0.763. The molecular weight excluding hydrogens is 239 g/mol. The Morgan fingerprint density at radius 3 is 2.94 bits per heavy atom. The lowest BCUT2D eigenvalue weighted by Gasteiger charge is -2.16. The van der Waals surface area contributed by atoms with Crippen LogP contribution in [0.15, 0.2) is 18.2 Å². The summed E-state index contributed by atoms with van der Waals surface area (Å²) in [5.74, 6) is 1.12. The minimum atomic E-state index is -0.487. The summed E-state index contributed by atoms with van der Waals surface area (Å²) in [6.45, 7) is 0.166. The molecule has 90 valence electrons. The lowest BCUT2D eigenvalue weighted by atomic mass is 10.1. The Morgan fingerprint density at radius 2 is 2.24 bits per heavy atom. The second-order valence-electron chi connectivity index (χ2n) is 3.63. The summed E-state index contributed by atoms with van der Waals surface area (Å²) in [6, 6.07) is 7.02. The third-order valence-electron chi connectivity index (χ3n) is 2.44. The minimum absolute atomic E-state index is 0.0482. The first-order valence-corrected chi connectivity index (χ1v) is 5.83. The molecule has 1 aliphatic heterocycles. The van der Waals surface area contributed by atoms with Crippen molar-refractivity contribution in [1.82, 2.24) is 5.32 Å². The van der Waals surface area contributed by atoms with E-state index in [1.165, 1.54) is 0 Å². The Labute approximate surface area is 102 Å². The Morgan fingerprint density at radius 1 is 1.47 bits per heavy atom. The lowest BCUT2D eigenvalue weighted by molar-refractivity contribution is 0.174. The van der Waals surface area contributed by atoms with Gasteiger partial charge in [0.2, 0.25) is 6.79 Å². The molecule has 0 spiro atoms. The maximum Gasteiger partial charge on any atom is 0.231 e. The van der Waals surface area contributed by atoms with Crippen molar-refractivity contribution in [2.24, 2.45) is 0 Å². The maximum atomic E-state index is 9.10. The van der Waals surface area contributed by atoms with Gasteiger partial charge in [-0.1, -0.05) is 6.07 Å². The van der Waals surface area contributed by atoms with E-state index in [4.69, 9.17) is 19.8 Å². The zero-order valence-corrected chi connectivity index (χ0v) is 10.2. The van der Waals surface area contributed by atoms with Crippen molar-refractivity contribution in [2.45, 2.75) is 11.8 Å². The molecular formula is C11H13N2O3P. The summed E-state index contributed by atoms with van der Waals surface area (Å²) in [6.07, 6.45) is 0. The zero-order valence-electron chi connectivity index (χ0n) is 9.09. The van der Waals surface area contributed by atoms with E-state index in [2.05, 4.69) is 20.6 Å². The summed E-state index contributed by atoms with van der Waals surface area (Å²) in [5, 5.41) is 21.0. The fourth-order valence-corrected chi connectivity index (χ4v) is 1.76. The van der Waals surface area contributed by atoms with Crippen LogP contribution < -0.4 is 14.8 Å². The van der Waals surface area contributed by atoms with E-state index in [0.717, 1.165) is 5.56 Å². The summed E-state index contributed by atoms with van der Waals surface area (Å²) < 4.78 is 10.5. The summed E-state index contributed by atoms with van der Waals surface area (Å²) >= 11 is 0. The van der Waals surface area contributed by atoms with Gasteiger partial charge >= 0.3 is 0 Å². The number of hydrogen-bond acceptors (Lipinski definition) is 5. The highest BCUT2D eigenvalue weighted by molar-refractivity contribution is 7.17. The number of aliphatic hydroxyl groups is 1. The van der Waals surface area contributed by atoms with E-state index in [1.54, 1.807) is 12.1 Å². The summed E-state index contributed by atoms with van der Waals surface area (Å²) in [5.41, 5.74) is 0.789. The first-order chi connectivity index (χ1) is 8.24. The van der Waals surface area contributed by atoms with Crippen molar-refractivity contribution >= 4 is 9.24 Å². The SMILES string of the molecule is N#CC(N[C@H](P)CO)c1ccc2c(c1)OCO2. The van der Waals surface area contributed by atoms with Crippen molar-refractivity contribution in [3.8, 4) is 17.6 Å². The number of benzene rings is 1. The molecule has 1 aromatic rings. The van der Waals surface area contributed by atoms with Crippen LogP contribution in [0, 0.1) is 11.3 Å². The fraction of sp³-hybridized carbons (Fsp3) is 0.364. The molecule has 6 heteroatoms. The Kier molecular flexibility index (Phi) is 3.80. The molecule has 0 aromatic heterocycles. The van der Waals surface area contributed by atoms with Crippen LogP contribution in [0.2, 0.25) is 0 Å². The largest absolute Gasteiger partial charge is 0.454 e. The molecule has 2 unspecified atom stereocenters. The number of aliphatic hydroxyl groups excluding tert-OH is 1. The maximum absolute atomic E-state index is 9.10. The van der Waals surface area contributed by atoms with Crippen LogP contribution in [0.4, 0.5) is 0 Å². The van der Waals surface area contributed by atoms with Crippen LogP contribution in [0.3, 0.4) is 0 Å². The number of fused-ring (bicyclic) bond motifs is 1. The lowest BCUT2D eigenvalue weighted by Crippen LogP contribution is -2.30. The molecule has 1 aromatic carbocycles. The Bertz CT molecular complexity index is 447. The van der Waals surface area contributed by atoms with Crippen molar-refractivity contribution in [1.29, 1.82) is 5.26 Å². The standard InChI is InChI=1S/C11H13N2O3P/c12-4-8(13-11(17)5-14)7-1-2-9-10(3-7)16-6-15-9/h1-3,8,11,13-14H,5-6,17H2/t8?,11-/m1/s1. The van der Waals surface area contributed by atoms with E-state index < -0.39 is 6.04 Å². The fourth-order valence-electron chi connectivity index (χ4n) is 1.57. The van der Waals surface area contributed by atoms with Crippen LogP contribution in [-0.4, -0.2) is 24.3 Å². The minimum Gasteiger partial charge on any atom is -0.454 e. The molecule has 0 bridgehead atoms. The molecule has 17 heavy (non-hydrogen) atoms. The number of nitrogens with one attached hydrogen (secondary N) is 1. The van der Waals surface area contributed by atoms with E-state index >= 15 is 0 Å². The van der Waals surface area contributed by atoms with Gasteiger partial charge in [0, 0.05) is 5.78 Å². The van der Waals surface area contributed by atoms with Crippen molar-refractivity contribution in [2.75, 3.05) is 13.4 Å². The summed E-state index contributed by atoms with van der Waals surface area (Å²) in [7, 11) is 2.44. The molecule has 0 radical (unpaired) electrons. The van der Waals surface area contributed by atoms with Gasteiger partial charge in [-0.3, -0.25) is 5.32 Å². The molecule has 1 heterocycles. The molecule has 0 saturated heterocycles. The van der Waals surface area contributed by atoms with Gasteiger partial charge in [-0.2, -0.15) is 5.26 Å². The van der Waals surface area contributed by atoms with Gasteiger partial charge < -0.3 is 14.6 Å². The Balaban J connectivity index is 2.17. The van der Waals surface area contributed by atoms with Crippen LogP contribution in [-0.2, 0) is 0 Å². The highest BCUT2D eigenvalue weighted by Gasteiger charge is 2.18. The molecule has 0 aliphatic carbocycles. The molecule has 0 fully saturated rings. The number of nitrogens with zero attached hydrogens (tertiary/aromatic N) is 1. The van der Waals surface area contributed by atoms with Crippen molar-refractivity contribution in [3.63, 3.8) is 0 Å². The molecule has 2 rings (SSSR count). The topological polar surface area (TPSA) is 74.5 Å². The highest BCUT2D eigenvalue weighted by Crippen LogP contribution is 2.34. The van der Waals surface area contributed by atoms with Gasteiger partial charge in [-0.25, -0.2) is 0 Å². The molecule has 1 aliphatic rings. The first kappa shape index (κ1) is 12.1.